The summed E-state index contributed by atoms with van der Waals surface area (Å²) in [5.41, 5.74) is 0.308. The lowest BCUT2D eigenvalue weighted by Crippen LogP contribution is -2.47. The van der Waals surface area contributed by atoms with Crippen LogP contribution in [-0.2, 0) is 9.84 Å². The average molecular weight is 565 g/mol. The molecule has 208 valence electrons. The molecule has 3 aromatic rings. The predicted molar refractivity (Wildman–Crippen MR) is 138 cm³/mol. The Morgan fingerprint density at radius 1 is 0.974 bits per heavy atom. The van der Waals surface area contributed by atoms with E-state index in [-0.39, 0.29) is 26.6 Å². The molecule has 0 N–H and O–H groups in total. The van der Waals surface area contributed by atoms with Crippen LogP contribution in [0, 0.1) is 10.1 Å². The largest absolute Gasteiger partial charge is 0.573 e. The molecule has 2 saturated heterocycles. The van der Waals surface area contributed by atoms with Crippen LogP contribution in [-0.4, -0.2) is 61.8 Å². The summed E-state index contributed by atoms with van der Waals surface area (Å²) in [6.45, 7) is 3.07. The Kier molecular flexibility index (Phi) is 7.38. The van der Waals surface area contributed by atoms with Gasteiger partial charge in [-0.1, -0.05) is 6.42 Å². The van der Waals surface area contributed by atoms with E-state index in [2.05, 4.69) is 14.6 Å². The number of ether oxygens (including phenoxy) is 1. The van der Waals surface area contributed by atoms with E-state index in [1.54, 1.807) is 0 Å². The molecular weight excluding hydrogens is 537 g/mol. The molecule has 0 radical (unpaired) electrons. The predicted octanol–water partition coefficient (Wildman–Crippen LogP) is 5.33. The zero-order valence-corrected chi connectivity index (χ0v) is 21.7. The Hall–Kier alpha value is -3.45. The van der Waals surface area contributed by atoms with Crippen molar-refractivity contribution in [3.05, 3.63) is 58.8 Å². The molecule has 1 aromatic heterocycles. The van der Waals surface area contributed by atoms with Crippen molar-refractivity contribution >= 4 is 32.1 Å². The summed E-state index contributed by atoms with van der Waals surface area (Å²) >= 11 is 0. The lowest BCUT2D eigenvalue weighted by Gasteiger charge is -2.41. The van der Waals surface area contributed by atoms with Crippen LogP contribution in [0.2, 0.25) is 0 Å². The number of nitro benzene ring substituents is 1. The van der Waals surface area contributed by atoms with Crippen molar-refractivity contribution in [2.75, 3.05) is 31.1 Å². The maximum absolute atomic E-state index is 13.8. The molecular formula is C26H27F3N4O5S. The molecule has 5 rings (SSSR count). The molecule has 2 aliphatic heterocycles. The van der Waals surface area contributed by atoms with Gasteiger partial charge < -0.3 is 14.5 Å². The minimum atomic E-state index is -4.92. The van der Waals surface area contributed by atoms with Crippen molar-refractivity contribution in [3.63, 3.8) is 0 Å². The van der Waals surface area contributed by atoms with Crippen molar-refractivity contribution in [2.24, 2.45) is 0 Å². The first-order valence-electron chi connectivity index (χ1n) is 12.7. The number of fused-ring (bicyclic) bond motifs is 1. The zero-order valence-electron chi connectivity index (χ0n) is 20.9. The van der Waals surface area contributed by atoms with Gasteiger partial charge in [-0.05, 0) is 69.1 Å². The van der Waals surface area contributed by atoms with E-state index in [1.807, 2.05) is 4.90 Å². The van der Waals surface area contributed by atoms with Gasteiger partial charge in [0.2, 0.25) is 9.84 Å². The highest BCUT2D eigenvalue weighted by Gasteiger charge is 2.33. The third-order valence-electron chi connectivity index (χ3n) is 7.35. The second-order valence-electron chi connectivity index (χ2n) is 9.77. The van der Waals surface area contributed by atoms with Gasteiger partial charge >= 0.3 is 6.36 Å². The molecule has 0 spiro atoms. The van der Waals surface area contributed by atoms with Crippen LogP contribution in [0.5, 0.6) is 5.75 Å². The fraction of sp³-hybridized carbons (Fsp3) is 0.423. The number of halogens is 3. The summed E-state index contributed by atoms with van der Waals surface area (Å²) < 4.78 is 70.7. The molecule has 9 nitrogen and oxygen atoms in total. The van der Waals surface area contributed by atoms with Crippen LogP contribution < -0.4 is 9.64 Å². The lowest BCUT2D eigenvalue weighted by molar-refractivity contribution is -0.384. The topological polar surface area (TPSA) is 106 Å². The van der Waals surface area contributed by atoms with Crippen molar-refractivity contribution in [1.82, 2.24) is 9.88 Å². The summed E-state index contributed by atoms with van der Waals surface area (Å²) in [6.07, 6.45) is 1.35. The highest BCUT2D eigenvalue weighted by atomic mass is 32.2. The highest BCUT2D eigenvalue weighted by Crippen LogP contribution is 2.39. The molecule has 2 fully saturated rings. The Bertz CT molecular complexity index is 1470. The molecule has 39 heavy (non-hydrogen) atoms. The number of hydrogen-bond acceptors (Lipinski definition) is 8. The number of sulfone groups is 1. The fourth-order valence-electron chi connectivity index (χ4n) is 5.47. The fourth-order valence-corrected chi connectivity index (χ4v) is 6.90. The Balaban J connectivity index is 1.58. The van der Waals surface area contributed by atoms with E-state index in [1.165, 1.54) is 18.7 Å². The summed E-state index contributed by atoms with van der Waals surface area (Å²) in [5, 5.41) is 11.3. The third kappa shape index (κ3) is 5.78. The van der Waals surface area contributed by atoms with Crippen LogP contribution in [0.1, 0.15) is 32.1 Å². The number of likely N-dealkylation sites (tertiary alicyclic amines) is 1. The van der Waals surface area contributed by atoms with E-state index in [4.69, 9.17) is 0 Å². The highest BCUT2D eigenvalue weighted by molar-refractivity contribution is 7.91. The van der Waals surface area contributed by atoms with Gasteiger partial charge in [0.15, 0.2) is 0 Å². The van der Waals surface area contributed by atoms with Gasteiger partial charge in [0.1, 0.15) is 10.6 Å². The third-order valence-corrected chi connectivity index (χ3v) is 9.12. The Morgan fingerprint density at radius 2 is 1.64 bits per heavy atom. The number of nitro groups is 1. The average Bonchev–Trinajstić information content (AvgIpc) is 2.92. The quantitative estimate of drug-likeness (QED) is 0.292. The molecule has 0 aliphatic carbocycles. The number of rotatable bonds is 6. The van der Waals surface area contributed by atoms with E-state index >= 15 is 0 Å². The minimum Gasteiger partial charge on any atom is -0.406 e. The van der Waals surface area contributed by atoms with E-state index < -0.39 is 26.9 Å². The second-order valence-corrected chi connectivity index (χ2v) is 11.7. The zero-order chi connectivity index (χ0) is 27.8. The van der Waals surface area contributed by atoms with Gasteiger partial charge in [0.05, 0.1) is 21.0 Å². The number of benzene rings is 2. The molecule has 0 unspecified atom stereocenters. The Labute approximate surface area is 223 Å². The first-order valence-corrected chi connectivity index (χ1v) is 14.2. The first kappa shape index (κ1) is 27.1. The van der Waals surface area contributed by atoms with Gasteiger partial charge in [-0.25, -0.2) is 8.42 Å². The summed E-state index contributed by atoms with van der Waals surface area (Å²) in [6, 6.07) is 8.51. The van der Waals surface area contributed by atoms with Gasteiger partial charge in [0, 0.05) is 42.8 Å². The number of hydrogen-bond donors (Lipinski definition) is 0. The van der Waals surface area contributed by atoms with Gasteiger partial charge in [-0.15, -0.1) is 13.2 Å². The first-order chi connectivity index (χ1) is 18.5. The lowest BCUT2D eigenvalue weighted by atomic mass is 9.99. The maximum atomic E-state index is 13.8. The number of pyridine rings is 1. The number of nitrogens with zero attached hydrogens (tertiary/aromatic N) is 4. The smallest absolute Gasteiger partial charge is 0.406 e. The van der Waals surface area contributed by atoms with Crippen LogP contribution in [0.3, 0.4) is 0 Å². The van der Waals surface area contributed by atoms with Crippen molar-refractivity contribution < 1.29 is 31.2 Å². The summed E-state index contributed by atoms with van der Waals surface area (Å²) in [7, 11) is -4.24. The van der Waals surface area contributed by atoms with E-state index in [0.717, 1.165) is 75.2 Å². The number of non-ortho nitro benzene ring substituents is 1. The van der Waals surface area contributed by atoms with Crippen molar-refractivity contribution in [3.8, 4) is 5.75 Å². The normalized spacial score (nSPS) is 17.9. The van der Waals surface area contributed by atoms with Crippen molar-refractivity contribution in [2.45, 2.75) is 54.3 Å². The minimum absolute atomic E-state index is 0.176. The van der Waals surface area contributed by atoms with Crippen LogP contribution in [0.4, 0.5) is 24.5 Å². The SMILES string of the molecule is O=[N+]([O-])c1ccc(S(=O)(=O)c2cnc3ccc(OC(F)(F)F)cc3c2N2CCC(N3CCCCC3)CC2)cc1. The van der Waals surface area contributed by atoms with Gasteiger partial charge in [-0.3, -0.25) is 15.1 Å². The van der Waals surface area contributed by atoms with Gasteiger partial charge in [-0.2, -0.15) is 0 Å². The number of piperidine rings is 2. The molecule has 13 heteroatoms. The number of aromatic nitrogens is 1. The summed E-state index contributed by atoms with van der Waals surface area (Å²) in [5.74, 6) is -0.480. The molecule has 0 bridgehead atoms. The molecule has 0 atom stereocenters. The summed E-state index contributed by atoms with van der Waals surface area (Å²) in [4.78, 5) is 18.7. The standard InChI is InChI=1S/C26H27F3N4O5S/c27-26(28,29)38-20-6-9-23-22(16-20)25(32-14-10-18(11-15-32)31-12-2-1-3-13-31)24(17-30-23)39(36,37)21-7-4-19(5-8-21)33(34)35/h4-9,16-18H,1-3,10-15H2. The molecule has 3 heterocycles. The number of alkyl halides is 3. The number of anilines is 1. The van der Waals surface area contributed by atoms with Crippen LogP contribution in [0.25, 0.3) is 10.9 Å². The van der Waals surface area contributed by atoms with Gasteiger partial charge in [0.25, 0.3) is 5.69 Å². The monoisotopic (exact) mass is 564 g/mol. The van der Waals surface area contributed by atoms with Crippen molar-refractivity contribution in [1.29, 1.82) is 0 Å². The Morgan fingerprint density at radius 3 is 2.26 bits per heavy atom. The molecule has 2 aromatic carbocycles. The molecule has 2 aliphatic rings. The van der Waals surface area contributed by atoms with Crippen LogP contribution >= 0.6 is 0 Å². The van der Waals surface area contributed by atoms with E-state index in [9.17, 15) is 31.7 Å². The second kappa shape index (κ2) is 10.6. The molecule has 0 amide bonds. The van der Waals surface area contributed by atoms with Crippen LogP contribution in [0.15, 0.2) is 58.5 Å². The molecule has 0 saturated carbocycles. The van der Waals surface area contributed by atoms with E-state index in [0.29, 0.717) is 24.6 Å². The maximum Gasteiger partial charge on any atom is 0.573 e.